The van der Waals surface area contributed by atoms with E-state index in [2.05, 4.69) is 36.6 Å². The Bertz CT molecular complexity index is 783. The standard InChI is InChI=1S/C21H31FN6S/c1-23-20(25-15-13-16-9-11-17(22)12-10-16)24-14-5-8-19-26-27-21(29-2)28(19)18-6-3-4-7-18/h9-12,18H,3-8,13-15H2,1-2H3,(H2,23,24,25). The van der Waals surface area contributed by atoms with Crippen molar-refractivity contribution in [2.75, 3.05) is 26.4 Å². The van der Waals surface area contributed by atoms with Crippen LogP contribution in [0.4, 0.5) is 4.39 Å². The van der Waals surface area contributed by atoms with Gasteiger partial charge in [-0.3, -0.25) is 4.99 Å². The number of guanidine groups is 1. The van der Waals surface area contributed by atoms with E-state index in [-0.39, 0.29) is 5.82 Å². The molecule has 0 unspecified atom stereocenters. The molecular formula is C21H31FN6S. The van der Waals surface area contributed by atoms with Gasteiger partial charge in [0.25, 0.3) is 0 Å². The Morgan fingerprint density at radius 2 is 1.86 bits per heavy atom. The topological polar surface area (TPSA) is 67.1 Å². The second-order valence-electron chi connectivity index (χ2n) is 7.32. The van der Waals surface area contributed by atoms with Gasteiger partial charge in [-0.25, -0.2) is 4.39 Å². The van der Waals surface area contributed by atoms with Gasteiger partial charge in [-0.2, -0.15) is 0 Å². The van der Waals surface area contributed by atoms with Crippen LogP contribution in [-0.2, 0) is 12.8 Å². The number of nitrogens with one attached hydrogen (secondary N) is 2. The van der Waals surface area contributed by atoms with Crippen LogP contribution in [-0.4, -0.2) is 47.1 Å². The first kappa shape index (κ1) is 21.6. The summed E-state index contributed by atoms with van der Waals surface area (Å²) in [6.45, 7) is 1.57. The first-order valence-corrected chi connectivity index (χ1v) is 11.6. The summed E-state index contributed by atoms with van der Waals surface area (Å²) in [7, 11) is 1.77. The van der Waals surface area contributed by atoms with Crippen LogP contribution >= 0.6 is 11.8 Å². The van der Waals surface area contributed by atoms with Crippen LogP contribution in [0.5, 0.6) is 0 Å². The zero-order chi connectivity index (χ0) is 20.5. The first-order chi connectivity index (χ1) is 14.2. The summed E-state index contributed by atoms with van der Waals surface area (Å²) in [6.07, 6.45) is 9.85. The fraction of sp³-hybridized carbons (Fsp3) is 0.571. The van der Waals surface area contributed by atoms with Crippen molar-refractivity contribution in [1.29, 1.82) is 0 Å². The fourth-order valence-electron chi connectivity index (χ4n) is 3.80. The largest absolute Gasteiger partial charge is 0.356 e. The Balaban J connectivity index is 1.41. The quantitative estimate of drug-likeness (QED) is 0.282. The molecule has 1 aromatic carbocycles. The number of rotatable bonds is 9. The second kappa shape index (κ2) is 11.2. The van der Waals surface area contributed by atoms with Gasteiger partial charge in [0.1, 0.15) is 11.6 Å². The molecule has 1 saturated carbocycles. The molecule has 1 fully saturated rings. The van der Waals surface area contributed by atoms with Crippen LogP contribution in [0.15, 0.2) is 34.4 Å². The molecule has 0 aliphatic heterocycles. The highest BCUT2D eigenvalue weighted by molar-refractivity contribution is 7.98. The number of hydrogen-bond acceptors (Lipinski definition) is 4. The van der Waals surface area contributed by atoms with E-state index in [4.69, 9.17) is 0 Å². The molecule has 1 aromatic heterocycles. The third kappa shape index (κ3) is 6.19. The van der Waals surface area contributed by atoms with Crippen molar-refractivity contribution >= 4 is 17.7 Å². The molecule has 0 bridgehead atoms. The molecule has 2 aromatic rings. The smallest absolute Gasteiger partial charge is 0.191 e. The highest BCUT2D eigenvalue weighted by Crippen LogP contribution is 2.33. The van der Waals surface area contributed by atoms with Crippen LogP contribution < -0.4 is 10.6 Å². The summed E-state index contributed by atoms with van der Waals surface area (Å²) >= 11 is 1.68. The van der Waals surface area contributed by atoms with E-state index >= 15 is 0 Å². The van der Waals surface area contributed by atoms with E-state index in [0.29, 0.717) is 6.04 Å². The van der Waals surface area contributed by atoms with Crippen LogP contribution in [0.2, 0.25) is 0 Å². The zero-order valence-corrected chi connectivity index (χ0v) is 18.1. The van der Waals surface area contributed by atoms with Crippen LogP contribution in [0.1, 0.15) is 49.5 Å². The Hall–Kier alpha value is -2.09. The lowest BCUT2D eigenvalue weighted by Crippen LogP contribution is -2.38. The summed E-state index contributed by atoms with van der Waals surface area (Å²) < 4.78 is 15.3. The van der Waals surface area contributed by atoms with Crippen molar-refractivity contribution in [2.45, 2.75) is 56.1 Å². The summed E-state index contributed by atoms with van der Waals surface area (Å²) in [5, 5.41) is 16.5. The van der Waals surface area contributed by atoms with Crippen LogP contribution in [0.25, 0.3) is 0 Å². The molecule has 0 spiro atoms. The normalized spacial score (nSPS) is 15.1. The number of hydrogen-bond donors (Lipinski definition) is 2. The summed E-state index contributed by atoms with van der Waals surface area (Å²) in [5.74, 6) is 1.68. The lowest BCUT2D eigenvalue weighted by Gasteiger charge is -2.16. The van der Waals surface area contributed by atoms with Gasteiger partial charge < -0.3 is 15.2 Å². The van der Waals surface area contributed by atoms with E-state index in [1.807, 2.05) is 12.1 Å². The molecule has 6 nitrogen and oxygen atoms in total. The highest BCUT2D eigenvalue weighted by Gasteiger charge is 2.23. The molecule has 1 heterocycles. The van der Waals surface area contributed by atoms with Crippen molar-refractivity contribution in [2.24, 2.45) is 4.99 Å². The van der Waals surface area contributed by atoms with Crippen molar-refractivity contribution < 1.29 is 4.39 Å². The molecular weight excluding hydrogens is 387 g/mol. The van der Waals surface area contributed by atoms with Gasteiger partial charge in [0.2, 0.25) is 0 Å². The van der Waals surface area contributed by atoms with Gasteiger partial charge in [0, 0.05) is 32.6 Å². The van der Waals surface area contributed by atoms with E-state index in [1.165, 1.54) is 37.8 Å². The van der Waals surface area contributed by atoms with Crippen molar-refractivity contribution in [3.8, 4) is 0 Å². The third-order valence-electron chi connectivity index (χ3n) is 5.32. The maximum Gasteiger partial charge on any atom is 0.191 e. The highest BCUT2D eigenvalue weighted by atomic mass is 32.2. The predicted molar refractivity (Wildman–Crippen MR) is 117 cm³/mol. The monoisotopic (exact) mass is 418 g/mol. The molecule has 0 saturated heterocycles. The Morgan fingerprint density at radius 3 is 2.55 bits per heavy atom. The Morgan fingerprint density at radius 1 is 1.14 bits per heavy atom. The van der Waals surface area contributed by atoms with E-state index in [9.17, 15) is 4.39 Å². The molecule has 3 rings (SSSR count). The SMILES string of the molecule is CN=C(NCCCc1nnc(SC)n1C1CCCC1)NCCc1ccc(F)cc1. The minimum Gasteiger partial charge on any atom is -0.356 e. The summed E-state index contributed by atoms with van der Waals surface area (Å²) in [4.78, 5) is 4.27. The first-order valence-electron chi connectivity index (χ1n) is 10.4. The second-order valence-corrected chi connectivity index (χ2v) is 8.09. The van der Waals surface area contributed by atoms with Crippen LogP contribution in [0.3, 0.4) is 0 Å². The minimum absolute atomic E-state index is 0.201. The van der Waals surface area contributed by atoms with Crippen LogP contribution in [0, 0.1) is 5.82 Å². The minimum atomic E-state index is -0.201. The summed E-state index contributed by atoms with van der Waals surface area (Å²) in [6, 6.07) is 7.19. The van der Waals surface area contributed by atoms with Gasteiger partial charge in [0.15, 0.2) is 11.1 Å². The number of aryl methyl sites for hydroxylation is 1. The number of nitrogens with zero attached hydrogens (tertiary/aromatic N) is 4. The fourth-order valence-corrected chi connectivity index (χ4v) is 4.37. The van der Waals surface area contributed by atoms with Gasteiger partial charge in [-0.1, -0.05) is 36.7 Å². The lowest BCUT2D eigenvalue weighted by molar-refractivity contribution is 0.460. The molecule has 0 atom stereocenters. The maximum absolute atomic E-state index is 13.0. The van der Waals surface area contributed by atoms with Gasteiger partial charge in [0.05, 0.1) is 0 Å². The molecule has 1 aliphatic rings. The average molecular weight is 419 g/mol. The Kier molecular flexibility index (Phi) is 8.34. The molecule has 0 radical (unpaired) electrons. The van der Waals surface area contributed by atoms with Crippen molar-refractivity contribution in [1.82, 2.24) is 25.4 Å². The average Bonchev–Trinajstić information content (AvgIpc) is 3.40. The number of aromatic nitrogens is 3. The number of thioether (sulfide) groups is 1. The maximum atomic E-state index is 13.0. The molecule has 1 aliphatic carbocycles. The van der Waals surface area contributed by atoms with Gasteiger partial charge in [-0.15, -0.1) is 10.2 Å². The van der Waals surface area contributed by atoms with Crippen molar-refractivity contribution in [3.05, 3.63) is 41.5 Å². The molecule has 158 valence electrons. The van der Waals surface area contributed by atoms with Crippen molar-refractivity contribution in [3.63, 3.8) is 0 Å². The molecule has 29 heavy (non-hydrogen) atoms. The number of halogens is 1. The lowest BCUT2D eigenvalue weighted by atomic mass is 10.1. The van der Waals surface area contributed by atoms with E-state index < -0.39 is 0 Å². The Labute approximate surface area is 176 Å². The molecule has 0 amide bonds. The summed E-state index contributed by atoms with van der Waals surface area (Å²) in [5.41, 5.74) is 1.10. The number of benzene rings is 1. The van der Waals surface area contributed by atoms with E-state index in [0.717, 1.165) is 54.9 Å². The van der Waals surface area contributed by atoms with Gasteiger partial charge in [-0.05, 0) is 49.6 Å². The predicted octanol–water partition coefficient (Wildman–Crippen LogP) is 3.59. The number of aliphatic imine (C=N–C) groups is 1. The molecule has 8 heteroatoms. The zero-order valence-electron chi connectivity index (χ0n) is 17.3. The van der Waals surface area contributed by atoms with E-state index in [1.54, 1.807) is 18.8 Å². The van der Waals surface area contributed by atoms with Gasteiger partial charge >= 0.3 is 0 Å². The molecule has 2 N–H and O–H groups in total. The third-order valence-corrected chi connectivity index (χ3v) is 5.96.